The SMILES string of the molecule is CC1CC(N2CCNCC2C(=O)N(C)C)CC(C)(C)C1. The Morgan fingerprint density at radius 1 is 1.30 bits per heavy atom. The lowest BCUT2D eigenvalue weighted by atomic mass is 9.70. The molecule has 1 aliphatic carbocycles. The van der Waals surface area contributed by atoms with Gasteiger partial charge in [-0.05, 0) is 30.6 Å². The molecule has 2 rings (SSSR count). The van der Waals surface area contributed by atoms with Crippen LogP contribution in [-0.2, 0) is 4.79 Å². The van der Waals surface area contributed by atoms with E-state index in [1.54, 1.807) is 4.90 Å². The minimum atomic E-state index is 0.0184. The summed E-state index contributed by atoms with van der Waals surface area (Å²) in [6.45, 7) is 9.91. The van der Waals surface area contributed by atoms with E-state index >= 15 is 0 Å². The summed E-state index contributed by atoms with van der Waals surface area (Å²) in [7, 11) is 3.73. The van der Waals surface area contributed by atoms with Crippen LogP contribution in [0.4, 0.5) is 0 Å². The van der Waals surface area contributed by atoms with Gasteiger partial charge >= 0.3 is 0 Å². The van der Waals surface area contributed by atoms with Gasteiger partial charge in [0.1, 0.15) is 6.04 Å². The number of piperazine rings is 1. The van der Waals surface area contributed by atoms with Crippen molar-refractivity contribution in [1.29, 1.82) is 0 Å². The number of rotatable bonds is 2. The minimum absolute atomic E-state index is 0.0184. The number of carbonyl (C=O) groups excluding carboxylic acids is 1. The maximum Gasteiger partial charge on any atom is 0.240 e. The lowest BCUT2D eigenvalue weighted by Crippen LogP contribution is -2.61. The zero-order valence-corrected chi connectivity index (χ0v) is 13.8. The lowest BCUT2D eigenvalue weighted by Gasteiger charge is -2.48. The van der Waals surface area contributed by atoms with E-state index in [2.05, 4.69) is 31.0 Å². The van der Waals surface area contributed by atoms with E-state index in [-0.39, 0.29) is 11.9 Å². The van der Waals surface area contributed by atoms with Gasteiger partial charge in [-0.2, -0.15) is 0 Å². The van der Waals surface area contributed by atoms with Gasteiger partial charge in [0.2, 0.25) is 5.91 Å². The molecule has 1 N–H and O–H groups in total. The molecular formula is C16H31N3O. The Balaban J connectivity index is 2.13. The summed E-state index contributed by atoms with van der Waals surface area (Å²) in [6, 6.07) is 0.578. The molecular weight excluding hydrogens is 250 g/mol. The Hall–Kier alpha value is -0.610. The molecule has 0 aromatic rings. The molecule has 2 fully saturated rings. The number of nitrogens with zero attached hydrogens (tertiary/aromatic N) is 2. The molecule has 0 spiro atoms. The predicted octanol–water partition coefficient (Wildman–Crippen LogP) is 1.56. The first kappa shape index (κ1) is 15.8. The second-order valence-electron chi connectivity index (χ2n) is 7.76. The highest BCUT2D eigenvalue weighted by atomic mass is 16.2. The van der Waals surface area contributed by atoms with Crippen LogP contribution in [0, 0.1) is 11.3 Å². The van der Waals surface area contributed by atoms with Crippen molar-refractivity contribution in [3.63, 3.8) is 0 Å². The smallest absolute Gasteiger partial charge is 0.240 e. The van der Waals surface area contributed by atoms with E-state index in [0.717, 1.165) is 25.6 Å². The summed E-state index contributed by atoms with van der Waals surface area (Å²) < 4.78 is 0. The molecule has 0 aromatic carbocycles. The van der Waals surface area contributed by atoms with Crippen LogP contribution in [0.25, 0.3) is 0 Å². The molecule has 0 aromatic heterocycles. The van der Waals surface area contributed by atoms with E-state index < -0.39 is 0 Å². The summed E-state index contributed by atoms with van der Waals surface area (Å²) >= 11 is 0. The van der Waals surface area contributed by atoms with Crippen molar-refractivity contribution in [2.45, 2.75) is 52.1 Å². The monoisotopic (exact) mass is 281 g/mol. The van der Waals surface area contributed by atoms with Crippen molar-refractivity contribution in [1.82, 2.24) is 15.1 Å². The number of hydrogen-bond donors (Lipinski definition) is 1. The first-order chi connectivity index (χ1) is 9.30. The normalized spacial score (nSPS) is 34.8. The van der Waals surface area contributed by atoms with Crippen LogP contribution in [0.1, 0.15) is 40.0 Å². The quantitative estimate of drug-likeness (QED) is 0.834. The van der Waals surface area contributed by atoms with Crippen LogP contribution in [0.2, 0.25) is 0 Å². The molecule has 0 radical (unpaired) electrons. The fourth-order valence-corrected chi connectivity index (χ4v) is 4.23. The molecule has 1 saturated carbocycles. The van der Waals surface area contributed by atoms with Gasteiger partial charge in [0, 0.05) is 39.8 Å². The van der Waals surface area contributed by atoms with Gasteiger partial charge in [0.15, 0.2) is 0 Å². The lowest BCUT2D eigenvalue weighted by molar-refractivity contribution is -0.137. The van der Waals surface area contributed by atoms with Crippen molar-refractivity contribution in [3.05, 3.63) is 0 Å². The Morgan fingerprint density at radius 3 is 2.60 bits per heavy atom. The number of hydrogen-bond acceptors (Lipinski definition) is 3. The van der Waals surface area contributed by atoms with Crippen LogP contribution in [0.3, 0.4) is 0 Å². The largest absolute Gasteiger partial charge is 0.347 e. The highest BCUT2D eigenvalue weighted by Crippen LogP contribution is 2.41. The summed E-state index contributed by atoms with van der Waals surface area (Å²) in [6.07, 6.45) is 3.76. The summed E-state index contributed by atoms with van der Waals surface area (Å²) in [5.41, 5.74) is 0.402. The molecule has 1 saturated heterocycles. The molecule has 3 unspecified atom stereocenters. The topological polar surface area (TPSA) is 35.6 Å². The van der Waals surface area contributed by atoms with E-state index in [4.69, 9.17) is 0 Å². The van der Waals surface area contributed by atoms with Crippen LogP contribution in [0.5, 0.6) is 0 Å². The van der Waals surface area contributed by atoms with Gasteiger partial charge in [-0.3, -0.25) is 9.69 Å². The first-order valence-corrected chi connectivity index (χ1v) is 7.98. The van der Waals surface area contributed by atoms with Gasteiger partial charge in [0.05, 0.1) is 0 Å². The van der Waals surface area contributed by atoms with Gasteiger partial charge in [0.25, 0.3) is 0 Å². The molecule has 0 bridgehead atoms. The molecule has 1 amide bonds. The number of carbonyl (C=O) groups is 1. The standard InChI is InChI=1S/C16H31N3O/c1-12-8-13(10-16(2,3)9-12)19-7-6-17-11-14(19)15(20)18(4)5/h12-14,17H,6-11H2,1-5H3. The fourth-order valence-electron chi connectivity index (χ4n) is 4.23. The number of likely N-dealkylation sites (N-methyl/N-ethyl adjacent to an activating group) is 1. The summed E-state index contributed by atoms with van der Waals surface area (Å²) in [5.74, 6) is 1.00. The van der Waals surface area contributed by atoms with Crippen molar-refractivity contribution in [2.75, 3.05) is 33.7 Å². The molecule has 4 nitrogen and oxygen atoms in total. The average molecular weight is 281 g/mol. The van der Waals surface area contributed by atoms with E-state index in [1.165, 1.54) is 19.3 Å². The van der Waals surface area contributed by atoms with E-state index in [9.17, 15) is 4.79 Å². The second kappa shape index (κ2) is 6.02. The van der Waals surface area contributed by atoms with Gasteiger partial charge in [-0.1, -0.05) is 20.8 Å². The zero-order valence-electron chi connectivity index (χ0n) is 13.8. The van der Waals surface area contributed by atoms with Gasteiger partial charge < -0.3 is 10.2 Å². The molecule has 2 aliphatic rings. The molecule has 20 heavy (non-hydrogen) atoms. The molecule has 4 heteroatoms. The second-order valence-corrected chi connectivity index (χ2v) is 7.76. The van der Waals surface area contributed by atoms with Crippen LogP contribution in [0.15, 0.2) is 0 Å². The predicted molar refractivity (Wildman–Crippen MR) is 82.6 cm³/mol. The van der Waals surface area contributed by atoms with Crippen molar-refractivity contribution in [3.8, 4) is 0 Å². The molecule has 3 atom stereocenters. The Morgan fingerprint density at radius 2 is 2.00 bits per heavy atom. The van der Waals surface area contributed by atoms with E-state index in [0.29, 0.717) is 11.5 Å². The Labute approximate surface area is 123 Å². The Bertz CT molecular complexity index is 354. The maximum atomic E-state index is 12.4. The number of nitrogens with one attached hydrogen (secondary N) is 1. The van der Waals surface area contributed by atoms with E-state index in [1.807, 2.05) is 14.1 Å². The first-order valence-electron chi connectivity index (χ1n) is 7.98. The third kappa shape index (κ3) is 3.53. The third-order valence-corrected chi connectivity index (χ3v) is 4.84. The summed E-state index contributed by atoms with van der Waals surface area (Å²) in [4.78, 5) is 16.7. The van der Waals surface area contributed by atoms with Crippen LogP contribution < -0.4 is 5.32 Å². The third-order valence-electron chi connectivity index (χ3n) is 4.84. The van der Waals surface area contributed by atoms with Crippen LogP contribution in [-0.4, -0.2) is 61.5 Å². The van der Waals surface area contributed by atoms with Crippen LogP contribution >= 0.6 is 0 Å². The maximum absolute atomic E-state index is 12.4. The summed E-state index contributed by atoms with van der Waals surface area (Å²) in [5, 5.41) is 3.38. The molecule has 1 heterocycles. The van der Waals surface area contributed by atoms with Gasteiger partial charge in [-0.25, -0.2) is 0 Å². The Kier molecular flexibility index (Phi) is 4.75. The van der Waals surface area contributed by atoms with Crippen molar-refractivity contribution in [2.24, 2.45) is 11.3 Å². The van der Waals surface area contributed by atoms with Crippen molar-refractivity contribution < 1.29 is 4.79 Å². The minimum Gasteiger partial charge on any atom is -0.347 e. The van der Waals surface area contributed by atoms with Gasteiger partial charge in [-0.15, -0.1) is 0 Å². The fraction of sp³-hybridized carbons (Fsp3) is 0.938. The molecule has 116 valence electrons. The zero-order chi connectivity index (χ0) is 14.9. The average Bonchev–Trinajstić information content (AvgIpc) is 2.35. The highest BCUT2D eigenvalue weighted by molar-refractivity contribution is 5.81. The van der Waals surface area contributed by atoms with Crippen molar-refractivity contribution >= 4 is 5.91 Å². The molecule has 1 aliphatic heterocycles. The number of amides is 1. The highest BCUT2D eigenvalue weighted by Gasteiger charge is 2.40.